The molecule has 0 aliphatic rings. The quantitative estimate of drug-likeness (QED) is 0.679. The predicted molar refractivity (Wildman–Crippen MR) is 79.4 cm³/mol. The van der Waals surface area contributed by atoms with Crippen LogP contribution in [0.1, 0.15) is 22.3 Å². The lowest BCUT2D eigenvalue weighted by molar-refractivity contribution is 0.958. The normalized spacial score (nSPS) is 10.6. The number of hydrogen-bond donors (Lipinski definition) is 0. The first-order valence-corrected chi connectivity index (χ1v) is 7.16. The fraction of sp³-hybridized carbons (Fsp3) is 0.250. The minimum Gasteiger partial charge on any atom is -0.122 e. The molecule has 0 heterocycles. The maximum absolute atomic E-state index is 5.77. The second-order valence-corrected chi connectivity index (χ2v) is 4.93. The van der Waals surface area contributed by atoms with Crippen LogP contribution < -0.4 is 0 Å². The van der Waals surface area contributed by atoms with Crippen LogP contribution >= 0.6 is 23.2 Å². The van der Waals surface area contributed by atoms with Gasteiger partial charge in [0.05, 0.1) is 0 Å². The van der Waals surface area contributed by atoms with Crippen LogP contribution in [0.2, 0.25) is 0 Å². The molecule has 0 aliphatic carbocycles. The van der Waals surface area contributed by atoms with Crippen molar-refractivity contribution in [2.75, 3.05) is 0 Å². The molecule has 0 fully saturated rings. The highest BCUT2D eigenvalue weighted by atomic mass is 35.5. The van der Waals surface area contributed by atoms with Crippen LogP contribution in [0, 0.1) is 0 Å². The Morgan fingerprint density at radius 2 is 0.778 bits per heavy atom. The van der Waals surface area contributed by atoms with Gasteiger partial charge in [0.1, 0.15) is 0 Å². The van der Waals surface area contributed by atoms with Gasteiger partial charge in [0, 0.05) is 11.8 Å². The van der Waals surface area contributed by atoms with Gasteiger partial charge in [0.25, 0.3) is 0 Å². The van der Waals surface area contributed by atoms with Crippen LogP contribution in [0.15, 0.2) is 48.5 Å². The third-order valence-electron chi connectivity index (χ3n) is 3.06. The van der Waals surface area contributed by atoms with E-state index in [0.29, 0.717) is 11.8 Å². The fourth-order valence-electron chi connectivity index (χ4n) is 1.88. The Morgan fingerprint density at radius 1 is 0.500 bits per heavy atom. The van der Waals surface area contributed by atoms with Gasteiger partial charge in [-0.1, -0.05) is 48.5 Å². The molecule has 0 N–H and O–H groups in total. The first-order chi connectivity index (χ1) is 8.81. The molecule has 0 atom stereocenters. The van der Waals surface area contributed by atoms with Crippen molar-refractivity contribution < 1.29 is 0 Å². The van der Waals surface area contributed by atoms with Crippen LogP contribution in [0.5, 0.6) is 0 Å². The molecule has 0 aliphatic heterocycles. The lowest BCUT2D eigenvalue weighted by Crippen LogP contribution is -1.92. The lowest BCUT2D eigenvalue weighted by atomic mass is 10.0. The summed E-state index contributed by atoms with van der Waals surface area (Å²) in [6.45, 7) is 0. The Balaban J connectivity index is 1.93. The summed E-state index contributed by atoms with van der Waals surface area (Å²) in [6, 6.07) is 17.0. The zero-order valence-electron chi connectivity index (χ0n) is 10.2. The Morgan fingerprint density at radius 3 is 1.06 bits per heavy atom. The van der Waals surface area contributed by atoms with Crippen molar-refractivity contribution in [1.29, 1.82) is 0 Å². The van der Waals surface area contributed by atoms with E-state index in [4.69, 9.17) is 23.2 Å². The van der Waals surface area contributed by atoms with Gasteiger partial charge in [0.2, 0.25) is 0 Å². The number of aryl methyl sites for hydroxylation is 2. The maximum Gasteiger partial charge on any atom is 0.0474 e. The topological polar surface area (TPSA) is 0 Å². The molecule has 0 aromatic heterocycles. The predicted octanol–water partition coefficient (Wildman–Crippen LogP) is 4.95. The largest absolute Gasteiger partial charge is 0.122 e. The molecular formula is C16H16Cl2. The molecule has 2 heteroatoms. The Kier molecular flexibility index (Phi) is 5.10. The minimum atomic E-state index is 0.584. The van der Waals surface area contributed by atoms with Crippen LogP contribution in [-0.4, -0.2) is 0 Å². The number of alkyl halides is 2. The van der Waals surface area contributed by atoms with E-state index in [9.17, 15) is 0 Å². The average Bonchev–Trinajstić information content (AvgIpc) is 2.46. The third-order valence-corrected chi connectivity index (χ3v) is 3.67. The highest BCUT2D eigenvalue weighted by molar-refractivity contribution is 6.17. The number of hydrogen-bond acceptors (Lipinski definition) is 0. The Labute approximate surface area is 119 Å². The standard InChI is InChI=1S/C16H16Cl2/c17-11-15-7-3-13(4-8-15)1-2-14-5-9-16(12-18)10-6-14/h3-10H,1-2,11-12H2. The molecule has 2 aromatic rings. The lowest BCUT2D eigenvalue weighted by Gasteiger charge is -2.04. The van der Waals surface area contributed by atoms with Crippen LogP contribution in [-0.2, 0) is 24.6 Å². The summed E-state index contributed by atoms with van der Waals surface area (Å²) in [4.78, 5) is 0. The SMILES string of the molecule is ClCc1ccc(CCc2ccc(CCl)cc2)cc1. The molecule has 0 spiro atoms. The third kappa shape index (κ3) is 3.76. The van der Waals surface area contributed by atoms with Crippen LogP contribution in [0.3, 0.4) is 0 Å². The van der Waals surface area contributed by atoms with Gasteiger partial charge in [-0.3, -0.25) is 0 Å². The number of halogens is 2. The van der Waals surface area contributed by atoms with Crippen molar-refractivity contribution in [3.8, 4) is 0 Å². The summed E-state index contributed by atoms with van der Waals surface area (Å²) in [5.41, 5.74) is 5.05. The summed E-state index contributed by atoms with van der Waals surface area (Å²) in [5.74, 6) is 1.17. The van der Waals surface area contributed by atoms with E-state index in [0.717, 1.165) is 12.8 Å². The highest BCUT2D eigenvalue weighted by Gasteiger charge is 1.97. The number of rotatable bonds is 5. The Bertz CT molecular complexity index is 424. The van der Waals surface area contributed by atoms with E-state index >= 15 is 0 Å². The van der Waals surface area contributed by atoms with E-state index in [1.165, 1.54) is 22.3 Å². The molecule has 94 valence electrons. The minimum absolute atomic E-state index is 0.584. The van der Waals surface area contributed by atoms with Crippen molar-refractivity contribution in [3.05, 3.63) is 70.8 Å². The molecule has 2 rings (SSSR count). The zero-order chi connectivity index (χ0) is 12.8. The fourth-order valence-corrected chi connectivity index (χ4v) is 2.24. The first kappa shape index (κ1) is 13.5. The van der Waals surface area contributed by atoms with Crippen molar-refractivity contribution in [1.82, 2.24) is 0 Å². The van der Waals surface area contributed by atoms with Crippen molar-refractivity contribution in [2.24, 2.45) is 0 Å². The summed E-state index contributed by atoms with van der Waals surface area (Å²) in [5, 5.41) is 0. The zero-order valence-corrected chi connectivity index (χ0v) is 11.7. The summed E-state index contributed by atoms with van der Waals surface area (Å²) in [6.07, 6.45) is 2.12. The smallest absolute Gasteiger partial charge is 0.0474 e. The van der Waals surface area contributed by atoms with E-state index in [2.05, 4.69) is 48.5 Å². The van der Waals surface area contributed by atoms with E-state index in [1.807, 2.05) is 0 Å². The van der Waals surface area contributed by atoms with Crippen LogP contribution in [0.25, 0.3) is 0 Å². The second-order valence-electron chi connectivity index (χ2n) is 4.40. The molecular weight excluding hydrogens is 263 g/mol. The molecule has 0 saturated carbocycles. The molecule has 0 unspecified atom stereocenters. The van der Waals surface area contributed by atoms with Crippen molar-refractivity contribution >= 4 is 23.2 Å². The first-order valence-electron chi connectivity index (χ1n) is 6.09. The second kappa shape index (κ2) is 6.82. The summed E-state index contributed by atoms with van der Waals surface area (Å²) < 4.78 is 0. The highest BCUT2D eigenvalue weighted by Crippen LogP contribution is 2.12. The number of benzene rings is 2. The van der Waals surface area contributed by atoms with Gasteiger partial charge in [-0.05, 0) is 35.1 Å². The molecule has 0 nitrogen and oxygen atoms in total. The van der Waals surface area contributed by atoms with E-state index < -0.39 is 0 Å². The molecule has 0 amide bonds. The Hall–Kier alpha value is -0.980. The molecule has 2 aromatic carbocycles. The average molecular weight is 279 g/mol. The molecule has 0 radical (unpaired) electrons. The van der Waals surface area contributed by atoms with Gasteiger partial charge in [0.15, 0.2) is 0 Å². The van der Waals surface area contributed by atoms with Crippen molar-refractivity contribution in [2.45, 2.75) is 24.6 Å². The van der Waals surface area contributed by atoms with Gasteiger partial charge in [-0.25, -0.2) is 0 Å². The van der Waals surface area contributed by atoms with E-state index in [-0.39, 0.29) is 0 Å². The molecule has 18 heavy (non-hydrogen) atoms. The van der Waals surface area contributed by atoms with Gasteiger partial charge >= 0.3 is 0 Å². The monoisotopic (exact) mass is 278 g/mol. The van der Waals surface area contributed by atoms with Crippen LogP contribution in [0.4, 0.5) is 0 Å². The maximum atomic E-state index is 5.77. The van der Waals surface area contributed by atoms with Crippen molar-refractivity contribution in [3.63, 3.8) is 0 Å². The van der Waals surface area contributed by atoms with E-state index in [1.54, 1.807) is 0 Å². The van der Waals surface area contributed by atoms with Gasteiger partial charge in [-0.15, -0.1) is 23.2 Å². The molecule has 0 saturated heterocycles. The van der Waals surface area contributed by atoms with Gasteiger partial charge < -0.3 is 0 Å². The molecule has 0 bridgehead atoms. The summed E-state index contributed by atoms with van der Waals surface area (Å²) >= 11 is 11.5. The summed E-state index contributed by atoms with van der Waals surface area (Å²) in [7, 11) is 0. The van der Waals surface area contributed by atoms with Gasteiger partial charge in [-0.2, -0.15) is 0 Å².